The summed E-state index contributed by atoms with van der Waals surface area (Å²) in [5, 5.41) is 8.72. The molecule has 2 rings (SSSR count). The number of allylic oxidation sites excluding steroid dienone is 1. The van der Waals surface area contributed by atoms with Crippen LogP contribution in [0.15, 0.2) is 49.1 Å². The molecule has 0 aliphatic carbocycles. The van der Waals surface area contributed by atoms with Crippen LogP contribution in [0.5, 0.6) is 0 Å². The van der Waals surface area contributed by atoms with Gasteiger partial charge in [-0.3, -0.25) is 0 Å². The fourth-order valence-corrected chi connectivity index (χ4v) is 1.39. The average molecular weight is 213 g/mol. The summed E-state index contributed by atoms with van der Waals surface area (Å²) >= 11 is 0. The lowest BCUT2D eigenvalue weighted by Gasteiger charge is -2.06. The van der Waals surface area contributed by atoms with E-state index in [9.17, 15) is 4.39 Å². The number of halogens is 1. The number of rotatable bonds is 2. The Hall–Kier alpha value is -2.41. The fraction of sp³-hybridized carbons (Fsp3) is 0. The maximum Gasteiger partial charge on any atom is 0.123 e. The highest BCUT2D eigenvalue weighted by Gasteiger charge is 2.03. The topological polar surface area (TPSA) is 41.6 Å². The van der Waals surface area contributed by atoms with Crippen molar-refractivity contribution in [2.75, 3.05) is 0 Å². The second-order valence-corrected chi connectivity index (χ2v) is 3.14. The van der Waals surface area contributed by atoms with Gasteiger partial charge in [0.2, 0.25) is 0 Å². The second kappa shape index (κ2) is 4.41. The summed E-state index contributed by atoms with van der Waals surface area (Å²) in [4.78, 5) is 3.91. The normalized spacial score (nSPS) is 11.1. The van der Waals surface area contributed by atoms with Crippen LogP contribution in [-0.2, 0) is 0 Å². The van der Waals surface area contributed by atoms with Gasteiger partial charge in [0.25, 0.3) is 0 Å². The first-order chi connectivity index (χ1) is 7.81. The molecule has 0 saturated carbocycles. The van der Waals surface area contributed by atoms with Crippen LogP contribution in [0, 0.1) is 17.1 Å². The van der Waals surface area contributed by atoms with Gasteiger partial charge in [-0.25, -0.2) is 9.37 Å². The molecule has 16 heavy (non-hydrogen) atoms. The zero-order chi connectivity index (χ0) is 11.4. The molecule has 0 fully saturated rings. The largest absolute Gasteiger partial charge is 0.305 e. The van der Waals surface area contributed by atoms with Crippen molar-refractivity contribution >= 4 is 5.70 Å². The molecule has 0 saturated heterocycles. The number of hydrogen-bond acceptors (Lipinski definition) is 2. The number of nitrogens with zero attached hydrogens (tertiary/aromatic N) is 3. The van der Waals surface area contributed by atoms with Gasteiger partial charge in [0.05, 0.1) is 18.1 Å². The van der Waals surface area contributed by atoms with Crippen LogP contribution in [0.3, 0.4) is 0 Å². The van der Waals surface area contributed by atoms with Crippen molar-refractivity contribution in [1.29, 1.82) is 5.26 Å². The molecular weight excluding hydrogens is 205 g/mol. The monoisotopic (exact) mass is 213 g/mol. The van der Waals surface area contributed by atoms with Crippen molar-refractivity contribution in [2.24, 2.45) is 0 Å². The van der Waals surface area contributed by atoms with E-state index in [2.05, 4.69) is 4.98 Å². The predicted molar refractivity (Wildman–Crippen MR) is 57.6 cm³/mol. The van der Waals surface area contributed by atoms with E-state index in [-0.39, 0.29) is 5.82 Å². The highest BCUT2D eigenvalue weighted by atomic mass is 19.1. The van der Waals surface area contributed by atoms with Crippen molar-refractivity contribution < 1.29 is 4.39 Å². The van der Waals surface area contributed by atoms with Crippen LogP contribution in [0.25, 0.3) is 5.70 Å². The highest BCUT2D eigenvalue weighted by Crippen LogP contribution is 2.16. The number of benzene rings is 1. The fourth-order valence-electron chi connectivity index (χ4n) is 1.39. The first kappa shape index (κ1) is 10.1. The van der Waals surface area contributed by atoms with Crippen LogP contribution in [0.1, 0.15) is 5.56 Å². The Labute approximate surface area is 92.1 Å². The molecule has 0 aliphatic rings. The van der Waals surface area contributed by atoms with Crippen molar-refractivity contribution in [3.05, 3.63) is 60.4 Å². The third-order valence-electron chi connectivity index (χ3n) is 2.12. The second-order valence-electron chi connectivity index (χ2n) is 3.14. The zero-order valence-electron chi connectivity index (χ0n) is 8.34. The van der Waals surface area contributed by atoms with Crippen LogP contribution in [-0.4, -0.2) is 9.55 Å². The van der Waals surface area contributed by atoms with Crippen molar-refractivity contribution in [3.8, 4) is 6.07 Å². The van der Waals surface area contributed by atoms with E-state index < -0.39 is 0 Å². The van der Waals surface area contributed by atoms with Crippen molar-refractivity contribution in [2.45, 2.75) is 0 Å². The van der Waals surface area contributed by atoms with Crippen LogP contribution < -0.4 is 0 Å². The van der Waals surface area contributed by atoms with Gasteiger partial charge >= 0.3 is 0 Å². The molecule has 0 amide bonds. The molecule has 0 bridgehead atoms. The van der Waals surface area contributed by atoms with E-state index in [1.807, 2.05) is 6.07 Å². The third kappa shape index (κ3) is 1.98. The summed E-state index contributed by atoms with van der Waals surface area (Å²) in [6.07, 6.45) is 6.34. The number of nitriles is 1. The van der Waals surface area contributed by atoms with E-state index >= 15 is 0 Å². The standard InChI is InChI=1S/C12H8FN3/c13-11-3-1-10(2-4-11)12(5-6-14)16-8-7-15-9-16/h1-5,7-9H. The lowest BCUT2D eigenvalue weighted by molar-refractivity contribution is 0.627. The quantitative estimate of drug-likeness (QED) is 0.719. The minimum atomic E-state index is -0.300. The molecule has 0 unspecified atom stereocenters. The average Bonchev–Trinajstić information content (AvgIpc) is 2.81. The Balaban J connectivity index is 2.47. The van der Waals surface area contributed by atoms with Crippen LogP contribution in [0.2, 0.25) is 0 Å². The third-order valence-corrected chi connectivity index (χ3v) is 2.12. The molecule has 0 radical (unpaired) electrons. The molecule has 4 heteroatoms. The Bertz CT molecular complexity index is 533. The SMILES string of the molecule is N#CC=C(c1ccc(F)cc1)n1ccnc1. The van der Waals surface area contributed by atoms with Crippen molar-refractivity contribution in [1.82, 2.24) is 9.55 Å². The van der Waals surface area contributed by atoms with Gasteiger partial charge < -0.3 is 4.57 Å². The van der Waals surface area contributed by atoms with Gasteiger partial charge in [0, 0.05) is 18.5 Å². The summed E-state index contributed by atoms with van der Waals surface area (Å²) in [5.41, 5.74) is 1.43. The molecule has 1 heterocycles. The molecule has 78 valence electrons. The van der Waals surface area contributed by atoms with E-state index in [1.54, 1.807) is 35.4 Å². The Morgan fingerprint density at radius 1 is 1.38 bits per heavy atom. The molecule has 0 atom stereocenters. The maximum absolute atomic E-state index is 12.8. The summed E-state index contributed by atoms with van der Waals surface area (Å²) in [5.74, 6) is -0.300. The highest BCUT2D eigenvalue weighted by molar-refractivity contribution is 5.67. The Morgan fingerprint density at radius 3 is 2.69 bits per heavy atom. The minimum absolute atomic E-state index is 0.300. The van der Waals surface area contributed by atoms with E-state index in [4.69, 9.17) is 5.26 Å². The molecule has 1 aromatic heterocycles. The van der Waals surface area contributed by atoms with E-state index in [1.165, 1.54) is 18.2 Å². The first-order valence-electron chi connectivity index (χ1n) is 4.65. The molecule has 2 aromatic rings. The first-order valence-corrected chi connectivity index (χ1v) is 4.65. The van der Waals surface area contributed by atoms with E-state index in [0.29, 0.717) is 5.70 Å². The Morgan fingerprint density at radius 2 is 2.12 bits per heavy atom. The maximum atomic E-state index is 12.8. The lowest BCUT2D eigenvalue weighted by atomic mass is 10.1. The number of aromatic nitrogens is 2. The van der Waals surface area contributed by atoms with E-state index in [0.717, 1.165) is 5.56 Å². The van der Waals surface area contributed by atoms with Crippen LogP contribution in [0.4, 0.5) is 4.39 Å². The van der Waals surface area contributed by atoms with Gasteiger partial charge in [-0.05, 0) is 29.8 Å². The Kier molecular flexibility index (Phi) is 2.79. The predicted octanol–water partition coefficient (Wildman–Crippen LogP) is 2.43. The molecule has 1 aromatic carbocycles. The van der Waals surface area contributed by atoms with Crippen molar-refractivity contribution in [3.63, 3.8) is 0 Å². The van der Waals surface area contributed by atoms with Gasteiger partial charge in [0.1, 0.15) is 5.82 Å². The smallest absolute Gasteiger partial charge is 0.123 e. The lowest BCUT2D eigenvalue weighted by Crippen LogP contribution is -1.95. The van der Waals surface area contributed by atoms with Gasteiger partial charge in [-0.15, -0.1) is 0 Å². The van der Waals surface area contributed by atoms with Gasteiger partial charge in [0.15, 0.2) is 0 Å². The number of hydrogen-bond donors (Lipinski definition) is 0. The molecule has 0 N–H and O–H groups in total. The molecule has 0 spiro atoms. The molecule has 3 nitrogen and oxygen atoms in total. The summed E-state index contributed by atoms with van der Waals surface area (Å²) in [6.45, 7) is 0. The molecular formula is C12H8FN3. The number of imidazole rings is 1. The van der Waals surface area contributed by atoms with Gasteiger partial charge in [-0.2, -0.15) is 5.26 Å². The summed E-state index contributed by atoms with van der Waals surface area (Å²) in [7, 11) is 0. The van der Waals surface area contributed by atoms with Gasteiger partial charge in [-0.1, -0.05) is 0 Å². The summed E-state index contributed by atoms with van der Waals surface area (Å²) in [6, 6.07) is 7.93. The molecule has 0 aliphatic heterocycles. The zero-order valence-corrected chi connectivity index (χ0v) is 8.34. The van der Waals surface area contributed by atoms with Crippen LogP contribution >= 0.6 is 0 Å². The minimum Gasteiger partial charge on any atom is -0.305 e. The summed E-state index contributed by atoms with van der Waals surface area (Å²) < 4.78 is 14.5.